The van der Waals surface area contributed by atoms with Crippen molar-refractivity contribution in [3.8, 4) is 45.6 Å². The highest BCUT2D eigenvalue weighted by Crippen LogP contribution is 2.58. The molecule has 0 amide bonds. The van der Waals surface area contributed by atoms with Gasteiger partial charge in [-0.05, 0) is 50.8 Å². The smallest absolute Gasteiger partial charge is 0.334 e. The van der Waals surface area contributed by atoms with Gasteiger partial charge in [0.1, 0.15) is 5.60 Å². The Balaban J connectivity index is 2.14. The molecule has 0 saturated heterocycles. The van der Waals surface area contributed by atoms with E-state index in [4.69, 9.17) is 28.4 Å². The van der Waals surface area contributed by atoms with Crippen LogP contribution in [0.3, 0.4) is 0 Å². The lowest BCUT2D eigenvalue weighted by Crippen LogP contribution is -2.43. The van der Waals surface area contributed by atoms with E-state index in [0.717, 1.165) is 0 Å². The first-order valence-corrected chi connectivity index (χ1v) is 11.6. The van der Waals surface area contributed by atoms with E-state index >= 15 is 0 Å². The van der Waals surface area contributed by atoms with Gasteiger partial charge in [0.15, 0.2) is 29.1 Å². The minimum atomic E-state index is -1.52. The van der Waals surface area contributed by atoms with E-state index in [0.29, 0.717) is 51.5 Å². The first-order valence-electron chi connectivity index (χ1n) is 11.6. The van der Waals surface area contributed by atoms with Crippen molar-refractivity contribution >= 4 is 5.97 Å². The average molecular weight is 501 g/mol. The molecule has 0 spiro atoms. The zero-order chi connectivity index (χ0) is 26.4. The third kappa shape index (κ3) is 3.87. The van der Waals surface area contributed by atoms with Crippen LogP contribution in [-0.2, 0) is 16.0 Å². The molecule has 1 heterocycles. The number of rotatable bonds is 5. The fourth-order valence-corrected chi connectivity index (χ4v) is 4.77. The molecule has 2 aromatic carbocycles. The number of phenolic OH excluding ortho intramolecular Hbond substituents is 1. The van der Waals surface area contributed by atoms with Crippen molar-refractivity contribution in [1.29, 1.82) is 0 Å². The fourth-order valence-electron chi connectivity index (χ4n) is 4.77. The number of methoxy groups -OCH3 is 3. The molecule has 4 rings (SSSR count). The number of fused-ring (bicyclic) bond motifs is 4. The number of carbonyl (C=O) groups excluding carboxylic acids is 1. The quantitative estimate of drug-likeness (QED) is 0.458. The normalized spacial score (nSPS) is 22.6. The number of aromatic hydroxyl groups is 1. The standard InChI is InChI=1S/C27H32O9/c1-8-13(2)26(29)36-25-16-11-18-23(35-12-34-18)24(33-7)20(16)19-15(9-14(3)27(25,4)30)10-17(31-5)22(32-6)21(19)28/h8,10-11,14,25,28,30H,9,12H2,1-7H3/b13-8-/t14-,25-,27-/m0/s1. The Morgan fingerprint density at radius 2 is 1.81 bits per heavy atom. The van der Waals surface area contributed by atoms with E-state index in [9.17, 15) is 15.0 Å². The van der Waals surface area contributed by atoms with Gasteiger partial charge in [0.2, 0.25) is 18.3 Å². The van der Waals surface area contributed by atoms with Crippen LogP contribution in [0.4, 0.5) is 0 Å². The van der Waals surface area contributed by atoms with Gasteiger partial charge in [-0.3, -0.25) is 0 Å². The molecule has 1 aliphatic heterocycles. The number of phenols is 1. The van der Waals surface area contributed by atoms with Crippen LogP contribution in [0.15, 0.2) is 23.8 Å². The number of allylic oxidation sites excluding steroid dienone is 1. The van der Waals surface area contributed by atoms with Crippen molar-refractivity contribution in [1.82, 2.24) is 0 Å². The molecule has 0 fully saturated rings. The summed E-state index contributed by atoms with van der Waals surface area (Å²) in [5.74, 6) is 0.317. The summed E-state index contributed by atoms with van der Waals surface area (Å²) in [4.78, 5) is 13.0. The number of ether oxygens (including phenoxy) is 6. The largest absolute Gasteiger partial charge is 0.504 e. The van der Waals surface area contributed by atoms with Gasteiger partial charge in [0.25, 0.3) is 0 Å². The van der Waals surface area contributed by atoms with Crippen LogP contribution in [0, 0.1) is 5.92 Å². The number of benzene rings is 2. The van der Waals surface area contributed by atoms with Crippen molar-refractivity contribution in [2.24, 2.45) is 5.92 Å². The van der Waals surface area contributed by atoms with E-state index in [1.54, 1.807) is 39.0 Å². The van der Waals surface area contributed by atoms with Crippen LogP contribution < -0.4 is 23.7 Å². The third-order valence-electron chi connectivity index (χ3n) is 7.15. The van der Waals surface area contributed by atoms with Gasteiger partial charge in [-0.15, -0.1) is 0 Å². The van der Waals surface area contributed by atoms with Gasteiger partial charge in [-0.1, -0.05) is 13.0 Å². The summed E-state index contributed by atoms with van der Waals surface area (Å²) in [6.07, 6.45) is 0.834. The summed E-state index contributed by atoms with van der Waals surface area (Å²) in [6.45, 7) is 6.83. The molecule has 0 aromatic heterocycles. The number of esters is 1. The summed E-state index contributed by atoms with van der Waals surface area (Å²) in [7, 11) is 4.39. The molecular weight excluding hydrogens is 468 g/mol. The topological polar surface area (TPSA) is 113 Å². The van der Waals surface area contributed by atoms with Gasteiger partial charge >= 0.3 is 5.97 Å². The molecule has 36 heavy (non-hydrogen) atoms. The molecule has 9 nitrogen and oxygen atoms in total. The molecule has 0 unspecified atom stereocenters. The Bertz CT molecular complexity index is 1230. The average Bonchev–Trinajstić information content (AvgIpc) is 3.33. The first kappa shape index (κ1) is 25.5. The Morgan fingerprint density at radius 1 is 1.11 bits per heavy atom. The first-order chi connectivity index (χ1) is 17.1. The summed E-state index contributed by atoms with van der Waals surface area (Å²) in [5.41, 5.74) is 0.767. The number of hydrogen-bond acceptors (Lipinski definition) is 9. The summed E-state index contributed by atoms with van der Waals surface area (Å²) in [5, 5.41) is 23.3. The minimum Gasteiger partial charge on any atom is -0.504 e. The van der Waals surface area contributed by atoms with Crippen molar-refractivity contribution in [3.63, 3.8) is 0 Å². The molecule has 9 heteroatoms. The molecule has 0 radical (unpaired) electrons. The van der Waals surface area contributed by atoms with Crippen molar-refractivity contribution in [3.05, 3.63) is 34.9 Å². The molecule has 2 aliphatic rings. The predicted octanol–water partition coefficient (Wildman–Crippen LogP) is 4.31. The van der Waals surface area contributed by atoms with Gasteiger partial charge in [0, 0.05) is 22.3 Å². The van der Waals surface area contributed by atoms with E-state index in [2.05, 4.69) is 0 Å². The number of hydrogen-bond donors (Lipinski definition) is 2. The van der Waals surface area contributed by atoms with E-state index < -0.39 is 23.6 Å². The van der Waals surface area contributed by atoms with Crippen molar-refractivity contribution in [2.75, 3.05) is 28.1 Å². The van der Waals surface area contributed by atoms with Gasteiger partial charge in [-0.25, -0.2) is 4.79 Å². The van der Waals surface area contributed by atoms with Crippen LogP contribution >= 0.6 is 0 Å². The van der Waals surface area contributed by atoms with E-state index in [-0.39, 0.29) is 24.0 Å². The Kier molecular flexibility index (Phi) is 6.70. The molecule has 1 aliphatic carbocycles. The lowest BCUT2D eigenvalue weighted by Gasteiger charge is -2.41. The molecular formula is C27H32O9. The molecule has 2 aromatic rings. The highest BCUT2D eigenvalue weighted by molar-refractivity contribution is 5.90. The summed E-state index contributed by atoms with van der Waals surface area (Å²) in [6, 6.07) is 3.43. The second-order valence-electron chi connectivity index (χ2n) is 9.19. The Hall–Kier alpha value is -3.59. The fraction of sp³-hybridized carbons (Fsp3) is 0.444. The van der Waals surface area contributed by atoms with E-state index in [1.807, 2.05) is 6.92 Å². The van der Waals surface area contributed by atoms with Crippen LogP contribution in [0.2, 0.25) is 0 Å². The van der Waals surface area contributed by atoms with Crippen molar-refractivity contribution in [2.45, 2.75) is 45.8 Å². The number of carbonyl (C=O) groups is 1. The summed E-state index contributed by atoms with van der Waals surface area (Å²) < 4.78 is 34.1. The zero-order valence-corrected chi connectivity index (χ0v) is 21.6. The SMILES string of the molecule is C/C=C(/C)C(=O)O[C@H]1c2cc3c(c(OC)c2-c2c(cc(OC)c(OC)c2O)C[C@H](C)[C@]1(C)O)OCO3. The minimum absolute atomic E-state index is 0.0334. The molecule has 0 bridgehead atoms. The predicted molar refractivity (Wildman–Crippen MR) is 131 cm³/mol. The summed E-state index contributed by atoms with van der Waals surface area (Å²) >= 11 is 0. The maximum absolute atomic E-state index is 13.0. The monoisotopic (exact) mass is 500 g/mol. The molecule has 194 valence electrons. The number of aliphatic hydroxyl groups is 1. The molecule has 3 atom stereocenters. The van der Waals surface area contributed by atoms with Gasteiger partial charge in [-0.2, -0.15) is 0 Å². The van der Waals surface area contributed by atoms with Gasteiger partial charge in [0.05, 0.1) is 21.3 Å². The maximum Gasteiger partial charge on any atom is 0.334 e. The van der Waals surface area contributed by atoms with Gasteiger partial charge < -0.3 is 38.6 Å². The Morgan fingerprint density at radius 3 is 2.42 bits per heavy atom. The maximum atomic E-state index is 13.0. The lowest BCUT2D eigenvalue weighted by atomic mass is 9.73. The van der Waals surface area contributed by atoms with E-state index in [1.165, 1.54) is 21.3 Å². The lowest BCUT2D eigenvalue weighted by molar-refractivity contribution is -0.166. The molecule has 2 N–H and O–H groups in total. The highest BCUT2D eigenvalue weighted by atomic mass is 16.7. The Labute approximate surface area is 210 Å². The third-order valence-corrected chi connectivity index (χ3v) is 7.15. The van der Waals surface area contributed by atoms with Crippen LogP contribution in [-0.4, -0.2) is 49.9 Å². The molecule has 0 saturated carbocycles. The van der Waals surface area contributed by atoms with Crippen LogP contribution in [0.5, 0.6) is 34.5 Å². The van der Waals surface area contributed by atoms with Crippen LogP contribution in [0.25, 0.3) is 11.1 Å². The van der Waals surface area contributed by atoms with Crippen LogP contribution in [0.1, 0.15) is 44.9 Å². The highest BCUT2D eigenvalue weighted by Gasteiger charge is 2.47. The second kappa shape index (κ2) is 9.46. The van der Waals surface area contributed by atoms with Crippen molar-refractivity contribution < 1.29 is 43.4 Å². The zero-order valence-electron chi connectivity index (χ0n) is 21.6. The second-order valence-corrected chi connectivity index (χ2v) is 9.19.